The van der Waals surface area contributed by atoms with E-state index >= 15 is 0 Å². The number of hydrazone groups is 1. The fourth-order valence-electron chi connectivity index (χ4n) is 2.48. The van der Waals surface area contributed by atoms with Crippen molar-refractivity contribution in [2.24, 2.45) is 5.10 Å². The van der Waals surface area contributed by atoms with Gasteiger partial charge in [0.15, 0.2) is 0 Å². The van der Waals surface area contributed by atoms with Crippen molar-refractivity contribution in [3.05, 3.63) is 58.6 Å². The summed E-state index contributed by atoms with van der Waals surface area (Å²) in [6.07, 6.45) is 0.661. The van der Waals surface area contributed by atoms with E-state index in [1.807, 2.05) is 24.3 Å². The zero-order chi connectivity index (χ0) is 14.8. The van der Waals surface area contributed by atoms with Crippen molar-refractivity contribution in [3.8, 4) is 11.5 Å². The summed E-state index contributed by atoms with van der Waals surface area (Å²) in [6.45, 7) is 0. The number of ether oxygens (including phenoxy) is 1. The summed E-state index contributed by atoms with van der Waals surface area (Å²) in [5, 5.41) is 14.9. The van der Waals surface area contributed by atoms with E-state index in [9.17, 15) is 5.11 Å². The Morgan fingerprint density at radius 2 is 2.10 bits per heavy atom. The van der Waals surface area contributed by atoms with Gasteiger partial charge in [0.25, 0.3) is 0 Å². The number of phenols is 1. The number of hydrogen-bond donors (Lipinski definition) is 2. The molecule has 3 rings (SSSR count). The molecule has 0 radical (unpaired) electrons. The Labute approximate surface area is 128 Å². The van der Waals surface area contributed by atoms with Crippen LogP contribution in [0.15, 0.2) is 47.6 Å². The molecule has 0 unspecified atom stereocenters. The standard InChI is InChI=1S/C16H15ClN2O2/c1-21-16-5-3-2-4-11(16)13-9-14(19-18-13)12-8-10(17)6-7-15(12)20/h2-8,13,18,20H,9H2,1H3/t13-/m1/s1. The van der Waals surface area contributed by atoms with Crippen molar-refractivity contribution in [1.29, 1.82) is 0 Å². The molecule has 108 valence electrons. The molecule has 0 saturated heterocycles. The summed E-state index contributed by atoms with van der Waals surface area (Å²) < 4.78 is 5.38. The van der Waals surface area contributed by atoms with Crippen LogP contribution in [0.5, 0.6) is 11.5 Å². The second-order valence-electron chi connectivity index (χ2n) is 4.85. The van der Waals surface area contributed by atoms with Gasteiger partial charge in [-0.2, -0.15) is 5.10 Å². The normalized spacial score (nSPS) is 17.2. The van der Waals surface area contributed by atoms with Crippen LogP contribution in [0.4, 0.5) is 0 Å². The third kappa shape index (κ3) is 2.67. The number of hydrogen-bond acceptors (Lipinski definition) is 4. The van der Waals surface area contributed by atoms with Crippen LogP contribution >= 0.6 is 11.6 Å². The van der Waals surface area contributed by atoms with Gasteiger partial charge in [-0.3, -0.25) is 0 Å². The Balaban J connectivity index is 1.86. The van der Waals surface area contributed by atoms with E-state index in [1.54, 1.807) is 25.3 Å². The molecule has 1 aliphatic rings. The Morgan fingerprint density at radius 1 is 1.29 bits per heavy atom. The Kier molecular flexibility index (Phi) is 3.71. The molecule has 0 spiro atoms. The lowest BCUT2D eigenvalue weighted by Gasteiger charge is -2.14. The molecule has 1 heterocycles. The molecular formula is C16H15ClN2O2. The van der Waals surface area contributed by atoms with E-state index in [1.165, 1.54) is 0 Å². The first-order valence-electron chi connectivity index (χ1n) is 6.63. The van der Waals surface area contributed by atoms with Crippen LogP contribution in [-0.2, 0) is 0 Å². The van der Waals surface area contributed by atoms with Crippen molar-refractivity contribution in [3.63, 3.8) is 0 Å². The number of para-hydroxylation sites is 1. The molecule has 0 aliphatic carbocycles. The topological polar surface area (TPSA) is 53.9 Å². The number of halogens is 1. The number of nitrogens with one attached hydrogen (secondary N) is 1. The van der Waals surface area contributed by atoms with E-state index in [-0.39, 0.29) is 11.8 Å². The minimum absolute atomic E-state index is 0.0227. The lowest BCUT2D eigenvalue weighted by atomic mass is 9.98. The molecule has 0 fully saturated rings. The molecule has 2 aromatic rings. The SMILES string of the molecule is COc1ccccc1[C@H]1CC(c2cc(Cl)ccc2O)=NN1. The van der Waals surface area contributed by atoms with Crippen LogP contribution in [0.2, 0.25) is 5.02 Å². The van der Waals surface area contributed by atoms with Gasteiger partial charge in [-0.15, -0.1) is 0 Å². The summed E-state index contributed by atoms with van der Waals surface area (Å²) in [5.41, 5.74) is 5.58. The number of benzene rings is 2. The summed E-state index contributed by atoms with van der Waals surface area (Å²) in [5.74, 6) is 1.00. The molecule has 0 bridgehead atoms. The Morgan fingerprint density at radius 3 is 2.90 bits per heavy atom. The lowest BCUT2D eigenvalue weighted by molar-refractivity contribution is 0.402. The summed E-state index contributed by atoms with van der Waals surface area (Å²) in [6, 6.07) is 12.8. The molecule has 21 heavy (non-hydrogen) atoms. The zero-order valence-electron chi connectivity index (χ0n) is 11.5. The third-order valence-corrected chi connectivity index (χ3v) is 3.77. The minimum Gasteiger partial charge on any atom is -0.507 e. The first-order chi connectivity index (χ1) is 10.2. The maximum atomic E-state index is 9.96. The Hall–Kier alpha value is -2.20. The van der Waals surface area contributed by atoms with E-state index in [4.69, 9.17) is 16.3 Å². The van der Waals surface area contributed by atoms with Crippen molar-refractivity contribution in [2.75, 3.05) is 7.11 Å². The maximum absolute atomic E-state index is 9.96. The molecule has 2 N–H and O–H groups in total. The highest BCUT2D eigenvalue weighted by Crippen LogP contribution is 2.33. The first-order valence-corrected chi connectivity index (χ1v) is 7.00. The predicted molar refractivity (Wildman–Crippen MR) is 83.1 cm³/mol. The summed E-state index contributed by atoms with van der Waals surface area (Å²) >= 11 is 5.99. The van der Waals surface area contributed by atoms with Crippen molar-refractivity contribution >= 4 is 17.3 Å². The van der Waals surface area contributed by atoms with Gasteiger partial charge in [0.05, 0.1) is 18.9 Å². The van der Waals surface area contributed by atoms with Gasteiger partial charge in [0, 0.05) is 22.6 Å². The van der Waals surface area contributed by atoms with Crippen molar-refractivity contribution in [1.82, 2.24) is 5.43 Å². The molecule has 0 amide bonds. The van der Waals surface area contributed by atoms with Crippen LogP contribution in [0.3, 0.4) is 0 Å². The zero-order valence-corrected chi connectivity index (χ0v) is 12.3. The molecule has 0 saturated carbocycles. The van der Waals surface area contributed by atoms with Crippen molar-refractivity contribution < 1.29 is 9.84 Å². The van der Waals surface area contributed by atoms with Crippen molar-refractivity contribution in [2.45, 2.75) is 12.5 Å². The molecule has 2 aromatic carbocycles. The number of aromatic hydroxyl groups is 1. The van der Waals surface area contributed by atoms with E-state index in [0.29, 0.717) is 17.0 Å². The molecule has 1 aliphatic heterocycles. The smallest absolute Gasteiger partial charge is 0.124 e. The quantitative estimate of drug-likeness (QED) is 0.912. The van der Waals surface area contributed by atoms with Gasteiger partial charge >= 0.3 is 0 Å². The number of nitrogens with zero attached hydrogens (tertiary/aromatic N) is 1. The van der Waals surface area contributed by atoms with Gasteiger partial charge in [-0.05, 0) is 24.3 Å². The predicted octanol–water partition coefficient (Wildman–Crippen LogP) is 3.49. The minimum atomic E-state index is 0.0227. The van der Waals surface area contributed by atoms with Crippen LogP contribution in [0.1, 0.15) is 23.6 Å². The second-order valence-corrected chi connectivity index (χ2v) is 5.28. The fraction of sp³-hybridized carbons (Fsp3) is 0.188. The highest BCUT2D eigenvalue weighted by atomic mass is 35.5. The average molecular weight is 303 g/mol. The molecular weight excluding hydrogens is 288 g/mol. The van der Waals surface area contributed by atoms with E-state index in [2.05, 4.69) is 10.5 Å². The second kappa shape index (κ2) is 5.66. The van der Waals surface area contributed by atoms with Gasteiger partial charge in [0.2, 0.25) is 0 Å². The largest absolute Gasteiger partial charge is 0.507 e. The van der Waals surface area contributed by atoms with Gasteiger partial charge < -0.3 is 15.3 Å². The number of rotatable bonds is 3. The van der Waals surface area contributed by atoms with Gasteiger partial charge in [-0.1, -0.05) is 29.8 Å². The molecule has 1 atom stereocenters. The number of methoxy groups -OCH3 is 1. The van der Waals surface area contributed by atoms with E-state index in [0.717, 1.165) is 17.0 Å². The summed E-state index contributed by atoms with van der Waals surface area (Å²) in [4.78, 5) is 0. The van der Waals surface area contributed by atoms with Gasteiger partial charge in [0.1, 0.15) is 11.5 Å². The highest BCUT2D eigenvalue weighted by molar-refractivity contribution is 6.31. The van der Waals surface area contributed by atoms with Crippen LogP contribution in [0, 0.1) is 0 Å². The van der Waals surface area contributed by atoms with Crippen LogP contribution in [-0.4, -0.2) is 17.9 Å². The Bertz CT molecular complexity index is 700. The monoisotopic (exact) mass is 302 g/mol. The summed E-state index contributed by atoms with van der Waals surface area (Å²) in [7, 11) is 1.65. The molecule has 4 nitrogen and oxygen atoms in total. The third-order valence-electron chi connectivity index (χ3n) is 3.54. The number of phenolic OH excluding ortho intramolecular Hbond substituents is 1. The van der Waals surface area contributed by atoms with E-state index < -0.39 is 0 Å². The van der Waals surface area contributed by atoms with Crippen LogP contribution < -0.4 is 10.2 Å². The first kappa shape index (κ1) is 13.8. The average Bonchev–Trinajstić information content (AvgIpc) is 2.99. The fourth-order valence-corrected chi connectivity index (χ4v) is 2.66. The molecule has 5 heteroatoms. The molecule has 0 aromatic heterocycles. The highest BCUT2D eigenvalue weighted by Gasteiger charge is 2.25. The lowest BCUT2D eigenvalue weighted by Crippen LogP contribution is -2.11. The van der Waals surface area contributed by atoms with Gasteiger partial charge in [-0.25, -0.2) is 0 Å². The maximum Gasteiger partial charge on any atom is 0.124 e. The van der Waals surface area contributed by atoms with Crippen LogP contribution in [0.25, 0.3) is 0 Å².